The van der Waals surface area contributed by atoms with Crippen LogP contribution in [-0.2, 0) is 4.74 Å². The van der Waals surface area contributed by atoms with Gasteiger partial charge in [-0.15, -0.1) is 0 Å². The first-order valence-corrected chi connectivity index (χ1v) is 6.88. The van der Waals surface area contributed by atoms with Gasteiger partial charge in [-0.1, -0.05) is 12.1 Å². The number of alkyl carbamates (subject to hydrolysis) is 1. The number of amides is 2. The molecule has 118 valence electrons. The van der Waals surface area contributed by atoms with Crippen LogP contribution in [0.15, 0.2) is 24.3 Å². The molecule has 0 atom stereocenters. The molecule has 10 heteroatoms. The van der Waals surface area contributed by atoms with E-state index in [2.05, 4.69) is 16.0 Å². The van der Waals surface area contributed by atoms with Gasteiger partial charge in [-0.05, 0) is 43.5 Å². The minimum Gasteiger partial charge on any atom is -0.465 e. The monoisotopic (exact) mass is 342 g/mol. The van der Waals surface area contributed by atoms with Gasteiger partial charge in [0.1, 0.15) is 0 Å². The maximum atomic E-state index is 11.3. The Bertz CT molecular complexity index is 594. The number of hydrogen-bond acceptors (Lipinski definition) is 5. The predicted octanol–water partition coefficient (Wildman–Crippen LogP) is 2.09. The van der Waals surface area contributed by atoms with Crippen LogP contribution in [0.25, 0.3) is 0 Å². The van der Waals surface area contributed by atoms with Crippen molar-refractivity contribution in [1.82, 2.24) is 10.6 Å². The smallest absolute Gasteiger partial charge is 0.413 e. The lowest BCUT2D eigenvalue weighted by Crippen LogP contribution is -2.35. The van der Waals surface area contributed by atoms with Gasteiger partial charge in [-0.3, -0.25) is 10.6 Å². The molecule has 5 N–H and O–H groups in total. The van der Waals surface area contributed by atoms with Crippen molar-refractivity contribution in [2.24, 2.45) is 0 Å². The Kier molecular flexibility index (Phi) is 6.99. The standard InChI is InChI=1S/C12H14N4O4S2/c1-2-20-12(19)16-10(22)14-8-6-4-3-5-7(8)13-9(21)15-11(17)18/h3-6H,2H2,1H3,(H,17,18)(H2,13,15,21)(H2,14,16,19,22). The normalized spacial score (nSPS) is 9.32. The molecule has 8 nitrogen and oxygen atoms in total. The van der Waals surface area contributed by atoms with Crippen molar-refractivity contribution in [3.8, 4) is 0 Å². The molecular formula is C12H14N4O4S2. The zero-order chi connectivity index (χ0) is 16.5. The molecule has 1 rings (SSSR count). The molecule has 1 aromatic rings. The molecule has 0 aliphatic rings. The molecular weight excluding hydrogens is 328 g/mol. The molecule has 0 fully saturated rings. The van der Waals surface area contributed by atoms with Crippen molar-refractivity contribution in [2.75, 3.05) is 17.2 Å². The van der Waals surface area contributed by atoms with Gasteiger partial charge in [-0.2, -0.15) is 0 Å². The van der Waals surface area contributed by atoms with Crippen molar-refractivity contribution < 1.29 is 19.4 Å². The summed E-state index contributed by atoms with van der Waals surface area (Å²) in [6.07, 6.45) is -1.95. The first kappa shape index (κ1) is 17.6. The minimum absolute atomic E-state index is 0.0322. The average molecular weight is 342 g/mol. The van der Waals surface area contributed by atoms with E-state index in [0.717, 1.165) is 0 Å². The number of rotatable bonds is 3. The predicted molar refractivity (Wildman–Crippen MR) is 90.2 cm³/mol. The highest BCUT2D eigenvalue weighted by Gasteiger charge is 2.09. The Labute approximate surface area is 137 Å². The van der Waals surface area contributed by atoms with Gasteiger partial charge in [0.25, 0.3) is 0 Å². The third kappa shape index (κ3) is 6.33. The molecule has 0 heterocycles. The summed E-state index contributed by atoms with van der Waals surface area (Å²) in [5, 5.41) is 18.3. The van der Waals surface area contributed by atoms with Gasteiger partial charge < -0.3 is 20.5 Å². The summed E-state index contributed by atoms with van der Waals surface area (Å²) >= 11 is 9.81. The molecule has 0 unspecified atom stereocenters. The molecule has 0 aliphatic carbocycles. The topological polar surface area (TPSA) is 112 Å². The lowest BCUT2D eigenvalue weighted by Gasteiger charge is -2.14. The van der Waals surface area contributed by atoms with E-state index < -0.39 is 12.2 Å². The molecule has 0 spiro atoms. The van der Waals surface area contributed by atoms with E-state index in [0.29, 0.717) is 11.4 Å². The van der Waals surface area contributed by atoms with Crippen LogP contribution in [0.3, 0.4) is 0 Å². The molecule has 0 aliphatic heterocycles. The summed E-state index contributed by atoms with van der Waals surface area (Å²) in [5.41, 5.74) is 0.980. The van der Waals surface area contributed by atoms with Crippen LogP contribution < -0.4 is 21.3 Å². The number of carbonyl (C=O) groups excluding carboxylic acids is 1. The maximum Gasteiger partial charge on any atom is 0.413 e. The van der Waals surface area contributed by atoms with Crippen LogP contribution in [0, 0.1) is 0 Å². The van der Waals surface area contributed by atoms with E-state index in [1.165, 1.54) is 0 Å². The second-order valence-corrected chi connectivity index (χ2v) is 4.55. The highest BCUT2D eigenvalue weighted by Crippen LogP contribution is 2.20. The number of nitrogens with one attached hydrogen (secondary N) is 4. The van der Waals surface area contributed by atoms with E-state index >= 15 is 0 Å². The molecule has 0 saturated carbocycles. The zero-order valence-corrected chi connectivity index (χ0v) is 13.1. The van der Waals surface area contributed by atoms with Gasteiger partial charge in [0.15, 0.2) is 10.2 Å². The second kappa shape index (κ2) is 8.74. The third-order valence-corrected chi connectivity index (χ3v) is 2.54. The summed E-state index contributed by atoms with van der Waals surface area (Å²) in [4.78, 5) is 21.8. The Balaban J connectivity index is 2.71. The molecule has 1 aromatic carbocycles. The quantitative estimate of drug-likeness (QED) is 0.531. The first-order valence-electron chi connectivity index (χ1n) is 6.07. The number of hydrogen-bond donors (Lipinski definition) is 5. The number of thiocarbonyl (C=S) groups is 2. The Morgan fingerprint density at radius 3 is 2.05 bits per heavy atom. The fourth-order valence-electron chi connectivity index (χ4n) is 1.37. The zero-order valence-electron chi connectivity index (χ0n) is 11.5. The molecule has 0 saturated heterocycles. The fourth-order valence-corrected chi connectivity index (χ4v) is 1.76. The summed E-state index contributed by atoms with van der Waals surface area (Å²) in [7, 11) is 0. The van der Waals surface area contributed by atoms with Crippen LogP contribution in [0.1, 0.15) is 6.92 Å². The number of carbonyl (C=O) groups is 2. The maximum absolute atomic E-state index is 11.3. The highest BCUT2D eigenvalue weighted by atomic mass is 32.1. The van der Waals surface area contributed by atoms with E-state index in [1.807, 2.05) is 5.32 Å². The van der Waals surface area contributed by atoms with Gasteiger partial charge in [-0.25, -0.2) is 9.59 Å². The Hall–Kier alpha value is -2.46. The highest BCUT2D eigenvalue weighted by molar-refractivity contribution is 7.80. The SMILES string of the molecule is CCOC(=O)NC(=S)Nc1ccccc1NC(=S)NC(=O)O. The number of carboxylic acid groups (broad SMARTS) is 1. The molecule has 22 heavy (non-hydrogen) atoms. The lowest BCUT2D eigenvalue weighted by molar-refractivity contribution is 0.158. The van der Waals surface area contributed by atoms with Crippen molar-refractivity contribution in [2.45, 2.75) is 6.92 Å². The minimum atomic E-state index is -1.28. The van der Waals surface area contributed by atoms with E-state index in [-0.39, 0.29) is 16.8 Å². The van der Waals surface area contributed by atoms with Crippen LogP contribution in [0.5, 0.6) is 0 Å². The van der Waals surface area contributed by atoms with Gasteiger partial charge in [0.05, 0.1) is 18.0 Å². The largest absolute Gasteiger partial charge is 0.465 e. The summed E-state index contributed by atoms with van der Waals surface area (Å²) in [6.45, 7) is 1.90. The van der Waals surface area contributed by atoms with Gasteiger partial charge >= 0.3 is 12.2 Å². The van der Waals surface area contributed by atoms with E-state index in [4.69, 9.17) is 34.3 Å². The summed E-state index contributed by atoms with van der Waals surface area (Å²) < 4.78 is 4.70. The molecule has 0 aromatic heterocycles. The van der Waals surface area contributed by atoms with E-state index in [1.54, 1.807) is 31.2 Å². The van der Waals surface area contributed by atoms with Crippen LogP contribution in [-0.4, -0.2) is 34.1 Å². The van der Waals surface area contributed by atoms with Gasteiger partial charge in [0.2, 0.25) is 0 Å². The second-order valence-electron chi connectivity index (χ2n) is 3.73. The van der Waals surface area contributed by atoms with Crippen LogP contribution >= 0.6 is 24.4 Å². The van der Waals surface area contributed by atoms with Crippen molar-refractivity contribution in [3.05, 3.63) is 24.3 Å². The molecule has 0 radical (unpaired) electrons. The Morgan fingerprint density at radius 1 is 1.09 bits per heavy atom. The van der Waals surface area contributed by atoms with Crippen LogP contribution in [0.4, 0.5) is 21.0 Å². The first-order chi connectivity index (χ1) is 10.4. The Morgan fingerprint density at radius 2 is 1.59 bits per heavy atom. The number of benzene rings is 1. The van der Waals surface area contributed by atoms with Crippen molar-refractivity contribution in [1.29, 1.82) is 0 Å². The average Bonchev–Trinajstić information content (AvgIpc) is 2.40. The lowest BCUT2D eigenvalue weighted by atomic mass is 10.2. The van der Waals surface area contributed by atoms with E-state index in [9.17, 15) is 9.59 Å². The molecule has 2 amide bonds. The third-order valence-electron chi connectivity index (χ3n) is 2.13. The number of para-hydroxylation sites is 2. The van der Waals surface area contributed by atoms with Crippen molar-refractivity contribution in [3.63, 3.8) is 0 Å². The fraction of sp³-hybridized carbons (Fsp3) is 0.167. The number of ether oxygens (including phenoxy) is 1. The van der Waals surface area contributed by atoms with Gasteiger partial charge in [0, 0.05) is 0 Å². The summed E-state index contributed by atoms with van der Waals surface area (Å²) in [5.74, 6) is 0. The molecule has 0 bridgehead atoms. The van der Waals surface area contributed by atoms with Crippen molar-refractivity contribution >= 4 is 58.2 Å². The van der Waals surface area contributed by atoms with Crippen LogP contribution in [0.2, 0.25) is 0 Å². The number of anilines is 2. The summed E-state index contributed by atoms with van der Waals surface area (Å²) in [6, 6.07) is 6.78.